The number of anilines is 1. The molecule has 0 unspecified atom stereocenters. The van der Waals surface area contributed by atoms with Crippen LogP contribution >= 0.6 is 15.9 Å². The number of pyridine rings is 1. The summed E-state index contributed by atoms with van der Waals surface area (Å²) in [5.74, 6) is -1.11. The number of fused-ring (bicyclic) bond motifs is 1. The molecule has 0 fully saturated rings. The van der Waals surface area contributed by atoms with E-state index in [1.165, 1.54) is 12.5 Å². The Bertz CT molecular complexity index is 521. The van der Waals surface area contributed by atoms with Crippen LogP contribution in [-0.2, 0) is 0 Å². The third-order valence-corrected chi connectivity index (χ3v) is 2.41. The smallest absolute Gasteiger partial charge is 0.339 e. The summed E-state index contributed by atoms with van der Waals surface area (Å²) in [7, 11) is 0. The summed E-state index contributed by atoms with van der Waals surface area (Å²) < 4.78 is 5.63. The number of hydrogen-bond donors (Lipinski definition) is 2. The summed E-state index contributed by atoms with van der Waals surface area (Å²) in [5.41, 5.74) is 6.10. The summed E-state index contributed by atoms with van der Waals surface area (Å²) in [6, 6.07) is 0. The highest BCUT2D eigenvalue weighted by Crippen LogP contribution is 2.31. The predicted octanol–water partition coefficient (Wildman–Crippen LogP) is 1.87. The lowest BCUT2D eigenvalue weighted by Crippen LogP contribution is -2.03. The Morgan fingerprint density at radius 2 is 2.36 bits per heavy atom. The molecule has 0 aliphatic heterocycles. The molecule has 0 bridgehead atoms. The molecule has 14 heavy (non-hydrogen) atoms. The molecule has 0 aliphatic rings. The number of hydrogen-bond acceptors (Lipinski definition) is 4. The molecule has 0 atom stereocenters. The molecule has 0 saturated heterocycles. The Morgan fingerprint density at radius 3 is 3.00 bits per heavy atom. The molecule has 0 saturated carbocycles. The highest BCUT2D eigenvalue weighted by atomic mass is 79.9. The minimum absolute atomic E-state index is 0.0281. The van der Waals surface area contributed by atoms with Gasteiger partial charge in [0.15, 0.2) is 0 Å². The standard InChI is InChI=1S/C8H5BrN2O3/c9-4-2-14-7-5(4)6(10)3(1-11-7)8(12)13/h1-2H,(H2,10,11)(H,12,13). The molecule has 2 aromatic rings. The van der Waals surface area contributed by atoms with Crippen molar-refractivity contribution in [3.8, 4) is 0 Å². The van der Waals surface area contributed by atoms with Crippen LogP contribution in [0.15, 0.2) is 21.3 Å². The van der Waals surface area contributed by atoms with Gasteiger partial charge in [0.2, 0.25) is 5.71 Å². The molecule has 0 radical (unpaired) electrons. The van der Waals surface area contributed by atoms with Crippen molar-refractivity contribution < 1.29 is 14.3 Å². The Hall–Kier alpha value is -1.56. The molecular weight excluding hydrogens is 252 g/mol. The van der Waals surface area contributed by atoms with Gasteiger partial charge in [-0.15, -0.1) is 0 Å². The maximum absolute atomic E-state index is 10.7. The Balaban J connectivity index is 2.86. The summed E-state index contributed by atoms with van der Waals surface area (Å²) in [6.07, 6.45) is 2.59. The minimum Gasteiger partial charge on any atom is -0.478 e. The number of nitrogens with two attached hydrogens (primary N) is 1. The second-order valence-electron chi connectivity index (χ2n) is 2.65. The topological polar surface area (TPSA) is 89.4 Å². The van der Waals surface area contributed by atoms with E-state index in [4.69, 9.17) is 15.3 Å². The molecule has 72 valence electrons. The van der Waals surface area contributed by atoms with E-state index < -0.39 is 5.97 Å². The molecule has 2 rings (SSSR count). The first-order valence-electron chi connectivity index (χ1n) is 3.65. The predicted molar refractivity (Wildman–Crippen MR) is 53.1 cm³/mol. The Kier molecular flexibility index (Phi) is 1.92. The number of rotatable bonds is 1. The molecule has 0 spiro atoms. The van der Waals surface area contributed by atoms with Gasteiger partial charge < -0.3 is 15.3 Å². The van der Waals surface area contributed by atoms with Crippen LogP contribution in [0.3, 0.4) is 0 Å². The second-order valence-corrected chi connectivity index (χ2v) is 3.51. The van der Waals surface area contributed by atoms with Crippen molar-refractivity contribution in [3.63, 3.8) is 0 Å². The van der Waals surface area contributed by atoms with Crippen LogP contribution in [0.1, 0.15) is 10.4 Å². The van der Waals surface area contributed by atoms with Crippen molar-refractivity contribution >= 4 is 38.7 Å². The fourth-order valence-electron chi connectivity index (χ4n) is 1.16. The van der Waals surface area contributed by atoms with Crippen LogP contribution in [0.25, 0.3) is 11.1 Å². The molecule has 3 N–H and O–H groups in total. The van der Waals surface area contributed by atoms with Gasteiger partial charge in [0.1, 0.15) is 11.8 Å². The molecule has 5 nitrogen and oxygen atoms in total. The van der Waals surface area contributed by atoms with Crippen LogP contribution < -0.4 is 5.73 Å². The lowest BCUT2D eigenvalue weighted by atomic mass is 10.2. The van der Waals surface area contributed by atoms with E-state index in [9.17, 15) is 4.79 Å². The van der Waals surface area contributed by atoms with Crippen molar-refractivity contribution in [3.05, 3.63) is 22.5 Å². The van der Waals surface area contributed by atoms with Crippen LogP contribution in [0.4, 0.5) is 5.69 Å². The molecule has 2 heterocycles. The fourth-order valence-corrected chi connectivity index (χ4v) is 1.64. The van der Waals surface area contributed by atoms with Gasteiger partial charge in [-0.2, -0.15) is 0 Å². The van der Waals surface area contributed by atoms with Gasteiger partial charge in [-0.05, 0) is 15.9 Å². The monoisotopic (exact) mass is 256 g/mol. The third-order valence-electron chi connectivity index (χ3n) is 1.83. The first-order valence-corrected chi connectivity index (χ1v) is 4.45. The molecule has 6 heteroatoms. The highest BCUT2D eigenvalue weighted by Gasteiger charge is 2.15. The zero-order valence-corrected chi connectivity index (χ0v) is 8.41. The van der Waals surface area contributed by atoms with Crippen LogP contribution in [0.5, 0.6) is 0 Å². The number of aromatic nitrogens is 1. The third kappa shape index (κ3) is 1.15. The second kappa shape index (κ2) is 2.98. The van der Waals surface area contributed by atoms with Crippen molar-refractivity contribution in [2.75, 3.05) is 5.73 Å². The summed E-state index contributed by atoms with van der Waals surface area (Å²) >= 11 is 3.19. The van der Waals surface area contributed by atoms with Crippen molar-refractivity contribution in [2.45, 2.75) is 0 Å². The summed E-state index contributed by atoms with van der Waals surface area (Å²) in [5, 5.41) is 9.28. The summed E-state index contributed by atoms with van der Waals surface area (Å²) in [6.45, 7) is 0. The maximum atomic E-state index is 10.7. The zero-order valence-electron chi connectivity index (χ0n) is 6.82. The molecule has 2 aromatic heterocycles. The Labute approximate surface area is 86.7 Å². The van der Waals surface area contributed by atoms with Gasteiger partial charge in [0, 0.05) is 6.20 Å². The van der Waals surface area contributed by atoms with E-state index in [1.807, 2.05) is 0 Å². The lowest BCUT2D eigenvalue weighted by molar-refractivity contribution is 0.0698. The number of carboxylic acid groups (broad SMARTS) is 1. The van der Waals surface area contributed by atoms with Crippen molar-refractivity contribution in [1.82, 2.24) is 4.98 Å². The van der Waals surface area contributed by atoms with Gasteiger partial charge >= 0.3 is 5.97 Å². The van der Waals surface area contributed by atoms with E-state index in [0.29, 0.717) is 15.6 Å². The number of carbonyl (C=O) groups is 1. The van der Waals surface area contributed by atoms with Crippen LogP contribution in [0, 0.1) is 0 Å². The Morgan fingerprint density at radius 1 is 1.64 bits per heavy atom. The van der Waals surface area contributed by atoms with Gasteiger partial charge in [0.05, 0.1) is 15.5 Å². The van der Waals surface area contributed by atoms with Crippen LogP contribution in [-0.4, -0.2) is 16.1 Å². The van der Waals surface area contributed by atoms with Gasteiger partial charge in [-0.25, -0.2) is 9.78 Å². The number of aromatic carboxylic acids is 1. The van der Waals surface area contributed by atoms with E-state index >= 15 is 0 Å². The molecule has 0 amide bonds. The minimum atomic E-state index is -1.11. The molecular formula is C8H5BrN2O3. The van der Waals surface area contributed by atoms with Crippen molar-refractivity contribution in [2.24, 2.45) is 0 Å². The quantitative estimate of drug-likeness (QED) is 0.813. The first-order chi connectivity index (χ1) is 6.61. The van der Waals surface area contributed by atoms with Crippen LogP contribution in [0.2, 0.25) is 0 Å². The number of nitrogen functional groups attached to an aromatic ring is 1. The highest BCUT2D eigenvalue weighted by molar-refractivity contribution is 9.10. The van der Waals surface area contributed by atoms with Gasteiger partial charge in [-0.1, -0.05) is 0 Å². The molecule has 0 aliphatic carbocycles. The summed E-state index contributed by atoms with van der Waals surface area (Å²) in [4.78, 5) is 14.6. The number of furan rings is 1. The van der Waals surface area contributed by atoms with Gasteiger partial charge in [0.25, 0.3) is 0 Å². The average molecular weight is 257 g/mol. The van der Waals surface area contributed by atoms with E-state index in [1.54, 1.807) is 0 Å². The first kappa shape index (κ1) is 9.01. The molecule has 0 aromatic carbocycles. The SMILES string of the molecule is Nc1c(C(=O)O)cnc2occ(Br)c12. The largest absolute Gasteiger partial charge is 0.478 e. The maximum Gasteiger partial charge on any atom is 0.339 e. The van der Waals surface area contributed by atoms with Gasteiger partial charge in [-0.3, -0.25) is 0 Å². The van der Waals surface area contributed by atoms with E-state index in [-0.39, 0.29) is 11.3 Å². The zero-order chi connectivity index (χ0) is 10.3. The number of nitrogens with zero attached hydrogens (tertiary/aromatic N) is 1. The average Bonchev–Trinajstić information content (AvgIpc) is 2.48. The lowest BCUT2D eigenvalue weighted by Gasteiger charge is -2.00. The van der Waals surface area contributed by atoms with E-state index in [2.05, 4.69) is 20.9 Å². The van der Waals surface area contributed by atoms with E-state index in [0.717, 1.165) is 0 Å². The normalized spacial score (nSPS) is 10.6. The van der Waals surface area contributed by atoms with Crippen molar-refractivity contribution in [1.29, 1.82) is 0 Å². The number of carboxylic acids is 1. The fraction of sp³-hybridized carbons (Fsp3) is 0. The number of halogens is 1.